The van der Waals surface area contributed by atoms with Crippen LogP contribution >= 0.6 is 15.9 Å². The van der Waals surface area contributed by atoms with Crippen LogP contribution in [0, 0.1) is 23.7 Å². The Labute approximate surface area is 118 Å². The molecule has 0 aliphatic heterocycles. The molecule has 0 aromatic heterocycles. The van der Waals surface area contributed by atoms with Gasteiger partial charge < -0.3 is 4.74 Å². The number of ether oxygens (including phenoxy) is 1. The summed E-state index contributed by atoms with van der Waals surface area (Å²) in [6, 6.07) is 0. The smallest absolute Gasteiger partial charge is 0.307 e. The first-order valence-electron chi connectivity index (χ1n) is 7.45. The molecule has 0 saturated heterocycles. The summed E-state index contributed by atoms with van der Waals surface area (Å²) < 4.78 is 6.04. The fourth-order valence-electron chi connectivity index (χ4n) is 5.14. The third-order valence-electron chi connectivity index (χ3n) is 5.68. The van der Waals surface area contributed by atoms with E-state index in [0.29, 0.717) is 23.6 Å². The van der Waals surface area contributed by atoms with Crippen molar-refractivity contribution < 1.29 is 9.53 Å². The number of esters is 1. The molecule has 0 atom stereocenters. The average molecular weight is 315 g/mol. The van der Waals surface area contributed by atoms with Crippen LogP contribution in [0.1, 0.15) is 51.9 Å². The van der Waals surface area contributed by atoms with Crippen LogP contribution in [0.15, 0.2) is 0 Å². The molecule has 4 saturated carbocycles. The van der Waals surface area contributed by atoms with Crippen LogP contribution in [-0.4, -0.2) is 16.9 Å². The van der Waals surface area contributed by atoms with Gasteiger partial charge in [-0.05, 0) is 62.2 Å². The number of hydrogen-bond acceptors (Lipinski definition) is 2. The number of carbonyl (C=O) groups excluding carboxylic acids is 1. The van der Waals surface area contributed by atoms with Gasteiger partial charge in [0.2, 0.25) is 0 Å². The van der Waals surface area contributed by atoms with Gasteiger partial charge in [0.25, 0.3) is 0 Å². The molecule has 0 aromatic rings. The summed E-state index contributed by atoms with van der Waals surface area (Å²) in [7, 11) is 0. The summed E-state index contributed by atoms with van der Waals surface area (Å²) >= 11 is 3.33. The van der Waals surface area contributed by atoms with Gasteiger partial charge in [-0.1, -0.05) is 22.9 Å². The Morgan fingerprint density at radius 3 is 2.17 bits per heavy atom. The van der Waals surface area contributed by atoms with Crippen molar-refractivity contribution in [2.45, 2.75) is 57.5 Å². The molecule has 0 N–H and O–H groups in total. The quantitative estimate of drug-likeness (QED) is 0.580. The standard InChI is InChI=1S/C15H23BrO2/c1-2-15(18-14(17)3-4-16)12-6-10-5-11(8-12)9-13(15)7-10/h10-13H,2-9H2,1H3. The summed E-state index contributed by atoms with van der Waals surface area (Å²) in [6.07, 6.45) is 8.20. The summed E-state index contributed by atoms with van der Waals surface area (Å²) in [5.74, 6) is 3.17. The maximum Gasteiger partial charge on any atom is 0.307 e. The number of rotatable bonds is 4. The van der Waals surface area contributed by atoms with E-state index in [-0.39, 0.29) is 11.6 Å². The second kappa shape index (κ2) is 4.81. The van der Waals surface area contributed by atoms with Crippen molar-refractivity contribution >= 4 is 21.9 Å². The fourth-order valence-corrected chi connectivity index (χ4v) is 5.46. The first kappa shape index (κ1) is 13.0. The molecule has 0 spiro atoms. The number of carbonyl (C=O) groups is 1. The normalized spacial score (nSPS) is 45.2. The third-order valence-corrected chi connectivity index (χ3v) is 6.07. The summed E-state index contributed by atoms with van der Waals surface area (Å²) in [5.41, 5.74) is -0.104. The van der Waals surface area contributed by atoms with Crippen molar-refractivity contribution in [2.75, 3.05) is 5.33 Å². The monoisotopic (exact) mass is 314 g/mol. The molecular weight excluding hydrogens is 292 g/mol. The summed E-state index contributed by atoms with van der Waals surface area (Å²) in [5, 5.41) is 0.714. The summed E-state index contributed by atoms with van der Waals surface area (Å²) in [6.45, 7) is 2.21. The second-order valence-electron chi connectivity index (χ2n) is 6.53. The molecule has 18 heavy (non-hydrogen) atoms. The van der Waals surface area contributed by atoms with E-state index in [2.05, 4.69) is 22.9 Å². The lowest BCUT2D eigenvalue weighted by Crippen LogP contribution is -2.59. The van der Waals surface area contributed by atoms with Gasteiger partial charge in [0.05, 0.1) is 6.42 Å². The molecule has 0 amide bonds. The van der Waals surface area contributed by atoms with Crippen molar-refractivity contribution in [3.05, 3.63) is 0 Å². The molecule has 4 aliphatic carbocycles. The van der Waals surface area contributed by atoms with E-state index < -0.39 is 0 Å². The third kappa shape index (κ3) is 1.93. The molecule has 0 radical (unpaired) electrons. The zero-order valence-corrected chi connectivity index (χ0v) is 12.7. The lowest BCUT2D eigenvalue weighted by molar-refractivity contribution is -0.210. The van der Waals surface area contributed by atoms with Crippen molar-refractivity contribution in [2.24, 2.45) is 23.7 Å². The summed E-state index contributed by atoms with van der Waals surface area (Å²) in [4.78, 5) is 11.9. The second-order valence-corrected chi connectivity index (χ2v) is 7.32. The molecular formula is C15H23BrO2. The minimum absolute atomic E-state index is 0.00111. The van der Waals surface area contributed by atoms with E-state index in [1.807, 2.05) is 0 Å². The predicted octanol–water partition coefficient (Wildman–Crippen LogP) is 3.92. The van der Waals surface area contributed by atoms with E-state index in [4.69, 9.17) is 4.74 Å². The molecule has 2 nitrogen and oxygen atoms in total. The van der Waals surface area contributed by atoms with Gasteiger partial charge in [0.15, 0.2) is 0 Å². The Balaban J connectivity index is 1.80. The van der Waals surface area contributed by atoms with Crippen molar-refractivity contribution in [1.29, 1.82) is 0 Å². The lowest BCUT2D eigenvalue weighted by Gasteiger charge is -2.60. The van der Waals surface area contributed by atoms with E-state index in [1.165, 1.54) is 32.1 Å². The van der Waals surface area contributed by atoms with Crippen LogP contribution in [-0.2, 0) is 9.53 Å². The van der Waals surface area contributed by atoms with Gasteiger partial charge in [-0.3, -0.25) is 4.79 Å². The molecule has 0 aromatic carbocycles. The molecule has 4 fully saturated rings. The Morgan fingerprint density at radius 2 is 1.72 bits per heavy atom. The first-order chi connectivity index (χ1) is 8.68. The minimum atomic E-state index is -0.104. The van der Waals surface area contributed by atoms with Gasteiger partial charge >= 0.3 is 5.97 Å². The van der Waals surface area contributed by atoms with Gasteiger partial charge in [-0.15, -0.1) is 0 Å². The molecule has 4 bridgehead atoms. The van der Waals surface area contributed by atoms with Crippen molar-refractivity contribution in [3.8, 4) is 0 Å². The molecule has 4 aliphatic rings. The van der Waals surface area contributed by atoms with Crippen LogP contribution < -0.4 is 0 Å². The van der Waals surface area contributed by atoms with Gasteiger partial charge in [0.1, 0.15) is 5.60 Å². The zero-order chi connectivity index (χ0) is 12.8. The van der Waals surface area contributed by atoms with Crippen LogP contribution in [0.4, 0.5) is 0 Å². The SMILES string of the molecule is CCC1(OC(=O)CCBr)C2CC3CC(C2)CC1C3. The van der Waals surface area contributed by atoms with Crippen LogP contribution in [0.25, 0.3) is 0 Å². The fraction of sp³-hybridized carbons (Fsp3) is 0.933. The maximum absolute atomic E-state index is 11.9. The van der Waals surface area contributed by atoms with E-state index in [9.17, 15) is 4.79 Å². The van der Waals surface area contributed by atoms with E-state index >= 15 is 0 Å². The van der Waals surface area contributed by atoms with Crippen molar-refractivity contribution in [1.82, 2.24) is 0 Å². The highest BCUT2D eigenvalue weighted by molar-refractivity contribution is 9.09. The largest absolute Gasteiger partial charge is 0.458 e. The highest BCUT2D eigenvalue weighted by Crippen LogP contribution is 2.60. The van der Waals surface area contributed by atoms with Crippen LogP contribution in [0.2, 0.25) is 0 Å². The highest BCUT2D eigenvalue weighted by atomic mass is 79.9. The Bertz CT molecular complexity index is 311. The minimum Gasteiger partial charge on any atom is -0.458 e. The highest BCUT2D eigenvalue weighted by Gasteiger charge is 2.58. The van der Waals surface area contributed by atoms with Gasteiger partial charge in [0, 0.05) is 5.33 Å². The Kier molecular flexibility index (Phi) is 3.46. The first-order valence-corrected chi connectivity index (χ1v) is 8.58. The zero-order valence-electron chi connectivity index (χ0n) is 11.2. The topological polar surface area (TPSA) is 26.3 Å². The molecule has 102 valence electrons. The van der Waals surface area contributed by atoms with Gasteiger partial charge in [-0.2, -0.15) is 0 Å². The van der Waals surface area contributed by atoms with Crippen molar-refractivity contribution in [3.63, 3.8) is 0 Å². The van der Waals surface area contributed by atoms with E-state index in [1.54, 1.807) is 0 Å². The molecule has 0 heterocycles. The number of alkyl halides is 1. The average Bonchev–Trinajstić information content (AvgIpc) is 2.33. The number of hydrogen-bond donors (Lipinski definition) is 0. The van der Waals surface area contributed by atoms with Crippen LogP contribution in [0.3, 0.4) is 0 Å². The number of halogens is 1. The predicted molar refractivity (Wildman–Crippen MR) is 74.6 cm³/mol. The Hall–Kier alpha value is -0.0500. The molecule has 4 rings (SSSR count). The van der Waals surface area contributed by atoms with Crippen LogP contribution in [0.5, 0.6) is 0 Å². The van der Waals surface area contributed by atoms with E-state index in [0.717, 1.165) is 18.3 Å². The lowest BCUT2D eigenvalue weighted by atomic mass is 9.49. The Morgan fingerprint density at radius 1 is 1.17 bits per heavy atom. The molecule has 3 heteroatoms. The van der Waals surface area contributed by atoms with Gasteiger partial charge in [-0.25, -0.2) is 0 Å². The molecule has 0 unspecified atom stereocenters. The maximum atomic E-state index is 11.9.